The zero-order chi connectivity index (χ0) is 27.6. The topological polar surface area (TPSA) is 129 Å². The Hall–Kier alpha value is -3.70. The SMILES string of the molecule is Nc1cc(N2CCN(C(=O)n3ccnc3)CC2)nc(NCc2ccc(CNCCCNC3CCCCC3)cc2)n1. The van der Waals surface area contributed by atoms with Crippen LogP contribution >= 0.6 is 0 Å². The fraction of sp³-hybridized carbons (Fsp3) is 0.517. The molecule has 1 aliphatic carbocycles. The van der Waals surface area contributed by atoms with E-state index in [1.807, 2.05) is 4.90 Å². The number of rotatable bonds is 11. The number of nitrogen functional groups attached to an aromatic ring is 1. The van der Waals surface area contributed by atoms with Crippen LogP contribution in [0.1, 0.15) is 49.7 Å². The summed E-state index contributed by atoms with van der Waals surface area (Å²) >= 11 is 0. The normalized spacial score (nSPS) is 16.3. The first-order valence-electron chi connectivity index (χ1n) is 14.6. The number of nitrogens with two attached hydrogens (primary N) is 1. The molecule has 3 heterocycles. The van der Waals surface area contributed by atoms with E-state index >= 15 is 0 Å². The molecule has 2 fully saturated rings. The van der Waals surface area contributed by atoms with Gasteiger partial charge < -0.3 is 31.5 Å². The van der Waals surface area contributed by atoms with Crippen LogP contribution in [0.5, 0.6) is 0 Å². The molecule has 0 unspecified atom stereocenters. The van der Waals surface area contributed by atoms with Crippen molar-refractivity contribution in [3.05, 3.63) is 60.2 Å². The van der Waals surface area contributed by atoms with Gasteiger partial charge in [-0.3, -0.25) is 4.57 Å². The standard InChI is InChI=1S/C29H42N10O/c30-26-19-27(37-15-17-38(18-16-37)29(40)39-14-13-32-22-39)36-28(35-26)34-21-24-9-7-23(8-10-24)20-31-11-4-12-33-25-5-2-1-3-6-25/h7-10,13-14,19,22,25,31,33H,1-6,11-12,15-18,20-21H2,(H3,30,34,35,36). The second-order valence-corrected chi connectivity index (χ2v) is 10.7. The second kappa shape index (κ2) is 14.1. The molecule has 5 rings (SSSR count). The van der Waals surface area contributed by atoms with Gasteiger partial charge >= 0.3 is 6.03 Å². The number of hydrogen-bond donors (Lipinski definition) is 4. The molecular formula is C29H42N10O. The monoisotopic (exact) mass is 546 g/mol. The van der Waals surface area contributed by atoms with Crippen molar-refractivity contribution in [2.75, 3.05) is 55.2 Å². The van der Waals surface area contributed by atoms with Crippen molar-refractivity contribution in [2.24, 2.45) is 0 Å². The molecule has 1 saturated carbocycles. The molecule has 1 saturated heterocycles. The molecule has 0 atom stereocenters. The minimum atomic E-state index is -0.0642. The molecule has 0 radical (unpaired) electrons. The maximum atomic E-state index is 12.6. The Bertz CT molecular complexity index is 1190. The Kier molecular flexibility index (Phi) is 9.81. The first kappa shape index (κ1) is 27.9. The number of nitrogens with one attached hydrogen (secondary N) is 3. The average molecular weight is 547 g/mol. The summed E-state index contributed by atoms with van der Waals surface area (Å²) in [4.78, 5) is 29.5. The summed E-state index contributed by atoms with van der Waals surface area (Å²) < 4.78 is 1.50. The van der Waals surface area contributed by atoms with Crippen molar-refractivity contribution in [1.82, 2.24) is 35.1 Å². The smallest absolute Gasteiger partial charge is 0.329 e. The Balaban J connectivity index is 1.03. The molecule has 5 N–H and O–H groups in total. The number of benzene rings is 1. The van der Waals surface area contributed by atoms with Gasteiger partial charge in [0, 0.05) is 63.8 Å². The van der Waals surface area contributed by atoms with E-state index < -0.39 is 0 Å². The maximum absolute atomic E-state index is 12.6. The van der Waals surface area contributed by atoms with Crippen molar-refractivity contribution in [2.45, 2.75) is 57.7 Å². The molecule has 0 spiro atoms. The fourth-order valence-electron chi connectivity index (χ4n) is 5.37. The Labute approximate surface area is 236 Å². The molecule has 11 nitrogen and oxygen atoms in total. The third-order valence-electron chi connectivity index (χ3n) is 7.70. The number of nitrogens with zero attached hydrogens (tertiary/aromatic N) is 6. The minimum Gasteiger partial charge on any atom is -0.383 e. The fourth-order valence-corrected chi connectivity index (χ4v) is 5.37. The van der Waals surface area contributed by atoms with Crippen LogP contribution in [0.4, 0.5) is 22.4 Å². The van der Waals surface area contributed by atoms with E-state index in [1.54, 1.807) is 18.5 Å². The first-order chi connectivity index (χ1) is 19.6. The van der Waals surface area contributed by atoms with Crippen LogP contribution in [0, 0.1) is 0 Å². The number of anilines is 3. The van der Waals surface area contributed by atoms with Gasteiger partial charge in [-0.2, -0.15) is 9.97 Å². The van der Waals surface area contributed by atoms with Gasteiger partial charge in [0.1, 0.15) is 18.0 Å². The first-order valence-corrected chi connectivity index (χ1v) is 14.6. The lowest BCUT2D eigenvalue weighted by molar-refractivity contribution is 0.196. The van der Waals surface area contributed by atoms with Gasteiger partial charge in [0.05, 0.1) is 0 Å². The Morgan fingerprint density at radius 1 is 0.950 bits per heavy atom. The van der Waals surface area contributed by atoms with Crippen molar-refractivity contribution in [3.63, 3.8) is 0 Å². The maximum Gasteiger partial charge on any atom is 0.329 e. The van der Waals surface area contributed by atoms with Crippen molar-refractivity contribution < 1.29 is 4.79 Å². The highest BCUT2D eigenvalue weighted by Gasteiger charge is 2.23. The molecule has 1 aromatic carbocycles. The molecule has 2 aliphatic rings. The van der Waals surface area contributed by atoms with E-state index in [0.717, 1.165) is 43.5 Å². The van der Waals surface area contributed by atoms with E-state index in [-0.39, 0.29) is 6.03 Å². The number of amides is 1. The third kappa shape index (κ3) is 7.92. The summed E-state index contributed by atoms with van der Waals surface area (Å²) in [7, 11) is 0. The van der Waals surface area contributed by atoms with Crippen LogP contribution in [0.3, 0.4) is 0 Å². The highest BCUT2D eigenvalue weighted by atomic mass is 16.2. The molecule has 40 heavy (non-hydrogen) atoms. The van der Waals surface area contributed by atoms with Crippen molar-refractivity contribution >= 4 is 23.6 Å². The molecule has 214 valence electrons. The largest absolute Gasteiger partial charge is 0.383 e. The molecule has 2 aromatic heterocycles. The van der Waals surface area contributed by atoms with Gasteiger partial charge in [-0.1, -0.05) is 43.5 Å². The van der Waals surface area contributed by atoms with E-state index in [4.69, 9.17) is 10.7 Å². The Morgan fingerprint density at radius 2 is 1.70 bits per heavy atom. The molecule has 3 aromatic rings. The highest BCUT2D eigenvalue weighted by molar-refractivity contribution is 5.77. The van der Waals surface area contributed by atoms with Gasteiger partial charge in [-0.15, -0.1) is 0 Å². The van der Waals surface area contributed by atoms with Gasteiger partial charge in [0.15, 0.2) is 0 Å². The number of carbonyl (C=O) groups is 1. The summed E-state index contributed by atoms with van der Waals surface area (Å²) in [5.41, 5.74) is 8.53. The highest BCUT2D eigenvalue weighted by Crippen LogP contribution is 2.20. The van der Waals surface area contributed by atoms with E-state index in [2.05, 4.69) is 55.1 Å². The van der Waals surface area contributed by atoms with Gasteiger partial charge in [0.2, 0.25) is 5.95 Å². The van der Waals surface area contributed by atoms with Crippen LogP contribution < -0.4 is 26.6 Å². The number of aromatic nitrogens is 4. The van der Waals surface area contributed by atoms with Crippen LogP contribution in [-0.2, 0) is 13.1 Å². The van der Waals surface area contributed by atoms with E-state index in [0.29, 0.717) is 44.5 Å². The summed E-state index contributed by atoms with van der Waals surface area (Å²) in [6.07, 6.45) is 12.8. The zero-order valence-electron chi connectivity index (χ0n) is 23.3. The van der Waals surface area contributed by atoms with Crippen LogP contribution in [0.2, 0.25) is 0 Å². The lowest BCUT2D eigenvalue weighted by Crippen LogP contribution is -2.50. The van der Waals surface area contributed by atoms with Crippen LogP contribution in [-0.4, -0.2) is 75.8 Å². The lowest BCUT2D eigenvalue weighted by Gasteiger charge is -2.35. The van der Waals surface area contributed by atoms with Gasteiger partial charge in [-0.25, -0.2) is 9.78 Å². The van der Waals surface area contributed by atoms with E-state index in [1.165, 1.54) is 48.6 Å². The number of carbonyl (C=O) groups excluding carboxylic acids is 1. The van der Waals surface area contributed by atoms with Crippen LogP contribution in [0.15, 0.2) is 49.1 Å². The summed E-state index contributed by atoms with van der Waals surface area (Å²) in [5, 5.41) is 10.6. The lowest BCUT2D eigenvalue weighted by atomic mass is 9.95. The predicted molar refractivity (Wildman–Crippen MR) is 158 cm³/mol. The van der Waals surface area contributed by atoms with Gasteiger partial charge in [0.25, 0.3) is 0 Å². The number of hydrogen-bond acceptors (Lipinski definition) is 9. The molecule has 1 amide bonds. The summed E-state index contributed by atoms with van der Waals surface area (Å²) in [6, 6.07) is 11.1. The molecular weight excluding hydrogens is 504 g/mol. The van der Waals surface area contributed by atoms with Crippen molar-refractivity contribution in [3.8, 4) is 0 Å². The van der Waals surface area contributed by atoms with E-state index in [9.17, 15) is 4.79 Å². The zero-order valence-corrected chi connectivity index (χ0v) is 23.3. The summed E-state index contributed by atoms with van der Waals surface area (Å²) in [6.45, 7) is 6.14. The molecule has 11 heteroatoms. The minimum absolute atomic E-state index is 0.0642. The average Bonchev–Trinajstić information content (AvgIpc) is 3.54. The van der Waals surface area contributed by atoms with Gasteiger partial charge in [-0.05, 0) is 43.5 Å². The molecule has 0 bridgehead atoms. The Morgan fingerprint density at radius 3 is 2.42 bits per heavy atom. The predicted octanol–water partition coefficient (Wildman–Crippen LogP) is 3.06. The number of imidazole rings is 1. The van der Waals surface area contributed by atoms with Crippen LogP contribution in [0.25, 0.3) is 0 Å². The quantitative estimate of drug-likeness (QED) is 0.268. The second-order valence-electron chi connectivity index (χ2n) is 10.7. The van der Waals surface area contributed by atoms with Crippen molar-refractivity contribution in [1.29, 1.82) is 0 Å². The third-order valence-corrected chi connectivity index (χ3v) is 7.70. The summed E-state index contributed by atoms with van der Waals surface area (Å²) in [5.74, 6) is 1.68. The molecule has 1 aliphatic heterocycles. The number of piperazine rings is 1.